The molecule has 0 spiro atoms. The van der Waals surface area contributed by atoms with Crippen molar-refractivity contribution in [3.05, 3.63) is 35.4 Å². The molecule has 4 saturated carbocycles. The molecule has 2 nitrogen and oxygen atoms in total. The predicted octanol–water partition coefficient (Wildman–Crippen LogP) is 4.24. The molecule has 1 aromatic rings. The minimum absolute atomic E-state index is 0.334. The fraction of sp³-hybridized carbons (Fsp3) is 0.727. The average molecular weight is 328 g/mol. The monoisotopic (exact) mass is 327 g/mol. The van der Waals surface area contributed by atoms with Crippen LogP contribution in [0.25, 0.3) is 0 Å². The van der Waals surface area contributed by atoms with Crippen LogP contribution in [-0.2, 0) is 6.42 Å². The molecular weight excluding hydrogens is 294 g/mol. The summed E-state index contributed by atoms with van der Waals surface area (Å²) in [7, 11) is 0. The number of aryl methyl sites for hydroxylation is 1. The minimum Gasteiger partial charge on any atom is -0.390 e. The number of hydrogen-bond donors (Lipinski definition) is 2. The highest BCUT2D eigenvalue weighted by Gasteiger charge is 2.58. The largest absolute Gasteiger partial charge is 0.390 e. The van der Waals surface area contributed by atoms with Gasteiger partial charge in [0.1, 0.15) is 0 Å². The lowest BCUT2D eigenvalue weighted by Crippen LogP contribution is -2.62. The predicted molar refractivity (Wildman–Crippen MR) is 99.0 cm³/mol. The van der Waals surface area contributed by atoms with Crippen LogP contribution in [-0.4, -0.2) is 22.8 Å². The maximum Gasteiger partial charge on any atom is 0.0659 e. The topological polar surface area (TPSA) is 32.3 Å². The Morgan fingerprint density at radius 1 is 1.08 bits per heavy atom. The Hall–Kier alpha value is -0.860. The maximum atomic E-state index is 11.0. The fourth-order valence-corrected chi connectivity index (χ4v) is 6.53. The van der Waals surface area contributed by atoms with Crippen molar-refractivity contribution in [3.8, 4) is 0 Å². The molecule has 1 aromatic carbocycles. The molecule has 4 aliphatic carbocycles. The van der Waals surface area contributed by atoms with Crippen LogP contribution in [0.15, 0.2) is 24.3 Å². The van der Waals surface area contributed by atoms with E-state index in [1.165, 1.54) is 30.4 Å². The Bertz CT molecular complexity index is 578. The summed E-state index contributed by atoms with van der Waals surface area (Å²) in [5.74, 6) is 1.54. The third kappa shape index (κ3) is 3.04. The molecule has 0 aliphatic heterocycles. The van der Waals surface area contributed by atoms with Crippen LogP contribution in [0.2, 0.25) is 0 Å². The third-order valence-electron chi connectivity index (χ3n) is 7.19. The van der Waals surface area contributed by atoms with Gasteiger partial charge in [0.2, 0.25) is 0 Å². The van der Waals surface area contributed by atoms with Gasteiger partial charge in [0.25, 0.3) is 0 Å². The first-order chi connectivity index (χ1) is 11.4. The van der Waals surface area contributed by atoms with Crippen LogP contribution in [0.5, 0.6) is 0 Å². The van der Waals surface area contributed by atoms with Crippen LogP contribution >= 0.6 is 0 Å². The third-order valence-corrected chi connectivity index (χ3v) is 7.19. The first kappa shape index (κ1) is 16.6. The zero-order valence-corrected chi connectivity index (χ0v) is 15.5. The normalized spacial score (nSPS) is 39.8. The van der Waals surface area contributed by atoms with Crippen LogP contribution in [0.1, 0.15) is 63.5 Å². The lowest BCUT2D eigenvalue weighted by Gasteiger charge is -2.62. The molecule has 2 N–H and O–H groups in total. The molecule has 4 bridgehead atoms. The van der Waals surface area contributed by atoms with Crippen molar-refractivity contribution in [3.63, 3.8) is 0 Å². The Labute approximate surface area is 147 Å². The van der Waals surface area contributed by atoms with Crippen molar-refractivity contribution >= 4 is 0 Å². The second kappa shape index (κ2) is 5.85. The van der Waals surface area contributed by atoms with Crippen molar-refractivity contribution in [1.82, 2.24) is 5.32 Å². The molecule has 132 valence electrons. The first-order valence-electron chi connectivity index (χ1n) is 9.90. The van der Waals surface area contributed by atoms with Gasteiger partial charge in [-0.15, -0.1) is 0 Å². The highest BCUT2D eigenvalue weighted by Crippen LogP contribution is 2.62. The molecular formula is C22H33NO. The molecule has 0 saturated heterocycles. The molecule has 4 atom stereocenters. The van der Waals surface area contributed by atoms with Gasteiger partial charge in [0.15, 0.2) is 0 Å². The summed E-state index contributed by atoms with van der Waals surface area (Å²) in [6, 6.07) is 9.90. The second-order valence-corrected chi connectivity index (χ2v) is 9.53. The van der Waals surface area contributed by atoms with E-state index in [9.17, 15) is 5.11 Å². The molecule has 0 amide bonds. The van der Waals surface area contributed by atoms with E-state index in [1.54, 1.807) is 0 Å². The Morgan fingerprint density at radius 3 is 2.29 bits per heavy atom. The van der Waals surface area contributed by atoms with E-state index in [2.05, 4.69) is 50.4 Å². The maximum absolute atomic E-state index is 11.0. The summed E-state index contributed by atoms with van der Waals surface area (Å²) in [5.41, 5.74) is 2.73. The Morgan fingerprint density at radius 2 is 1.71 bits per heavy atom. The second-order valence-electron chi connectivity index (χ2n) is 9.53. The molecule has 2 heteroatoms. The molecule has 4 unspecified atom stereocenters. The van der Waals surface area contributed by atoms with Gasteiger partial charge in [-0.2, -0.15) is 0 Å². The van der Waals surface area contributed by atoms with E-state index in [4.69, 9.17) is 0 Å². The number of rotatable bonds is 5. The van der Waals surface area contributed by atoms with Gasteiger partial charge in [0, 0.05) is 12.1 Å². The smallest absolute Gasteiger partial charge is 0.0659 e. The van der Waals surface area contributed by atoms with E-state index in [0.29, 0.717) is 17.5 Å². The summed E-state index contributed by atoms with van der Waals surface area (Å²) in [6.45, 7) is 6.83. The minimum atomic E-state index is -0.347. The van der Waals surface area contributed by atoms with Gasteiger partial charge >= 0.3 is 0 Å². The molecule has 4 aliphatic rings. The summed E-state index contributed by atoms with van der Waals surface area (Å²) < 4.78 is 0. The van der Waals surface area contributed by atoms with Crippen molar-refractivity contribution in [2.24, 2.45) is 17.3 Å². The van der Waals surface area contributed by atoms with E-state index in [0.717, 1.165) is 37.5 Å². The van der Waals surface area contributed by atoms with Crippen molar-refractivity contribution in [2.75, 3.05) is 0 Å². The van der Waals surface area contributed by atoms with E-state index in [-0.39, 0.29) is 5.60 Å². The van der Waals surface area contributed by atoms with Crippen molar-refractivity contribution < 1.29 is 5.11 Å². The average Bonchev–Trinajstić information content (AvgIpc) is 2.47. The lowest BCUT2D eigenvalue weighted by molar-refractivity contribution is -0.172. The van der Waals surface area contributed by atoms with Crippen molar-refractivity contribution in [1.29, 1.82) is 0 Å². The van der Waals surface area contributed by atoms with Crippen LogP contribution in [0.4, 0.5) is 0 Å². The highest BCUT2D eigenvalue weighted by molar-refractivity contribution is 5.22. The van der Waals surface area contributed by atoms with Gasteiger partial charge in [-0.1, -0.05) is 29.8 Å². The zero-order chi connectivity index (χ0) is 16.9. The van der Waals surface area contributed by atoms with Gasteiger partial charge in [-0.05, 0) is 88.5 Å². The van der Waals surface area contributed by atoms with Crippen LogP contribution in [0, 0.1) is 24.2 Å². The molecule has 5 rings (SSSR count). The lowest BCUT2D eigenvalue weighted by atomic mass is 9.46. The summed E-state index contributed by atoms with van der Waals surface area (Å²) in [5, 5.41) is 14.9. The highest BCUT2D eigenvalue weighted by atomic mass is 16.3. The molecule has 4 fully saturated rings. The summed E-state index contributed by atoms with van der Waals surface area (Å²) >= 11 is 0. The number of aliphatic hydroxyl groups is 1. The van der Waals surface area contributed by atoms with Crippen LogP contribution < -0.4 is 5.32 Å². The number of benzene rings is 1. The summed E-state index contributed by atoms with van der Waals surface area (Å²) in [6.07, 6.45) is 8.27. The van der Waals surface area contributed by atoms with Gasteiger partial charge in [-0.25, -0.2) is 0 Å². The van der Waals surface area contributed by atoms with E-state index in [1.807, 2.05) is 0 Å². The number of hydrogen-bond acceptors (Lipinski definition) is 2. The molecule has 0 aromatic heterocycles. The first-order valence-corrected chi connectivity index (χ1v) is 9.90. The SMILES string of the molecule is Cc1ccc(CC(C)NC(C)C23CC4CC(CC(O)(C4)C2)C3)cc1. The molecule has 0 heterocycles. The quantitative estimate of drug-likeness (QED) is 0.848. The molecule has 0 radical (unpaired) electrons. The van der Waals surface area contributed by atoms with E-state index < -0.39 is 0 Å². The zero-order valence-electron chi connectivity index (χ0n) is 15.5. The number of nitrogens with one attached hydrogen (secondary N) is 1. The fourth-order valence-electron chi connectivity index (χ4n) is 6.53. The van der Waals surface area contributed by atoms with Crippen molar-refractivity contribution in [2.45, 2.75) is 83.4 Å². The van der Waals surface area contributed by atoms with E-state index >= 15 is 0 Å². The Balaban J connectivity index is 1.42. The van der Waals surface area contributed by atoms with Crippen LogP contribution in [0.3, 0.4) is 0 Å². The standard InChI is InChI=1S/C22H33NO/c1-15-4-6-18(7-5-15)8-16(2)23-17(3)21-10-19-9-20(11-21)13-22(24,12-19)14-21/h4-7,16-17,19-20,23-24H,8-14H2,1-3H3. The van der Waals surface area contributed by atoms with Gasteiger partial charge < -0.3 is 10.4 Å². The Kier molecular flexibility index (Phi) is 4.04. The molecule has 24 heavy (non-hydrogen) atoms. The summed E-state index contributed by atoms with van der Waals surface area (Å²) in [4.78, 5) is 0. The van der Waals surface area contributed by atoms with Gasteiger partial charge in [0.05, 0.1) is 5.60 Å². The van der Waals surface area contributed by atoms with Gasteiger partial charge in [-0.3, -0.25) is 0 Å².